The number of nitriles is 1. The van der Waals surface area contributed by atoms with Crippen molar-refractivity contribution in [3.8, 4) is 6.07 Å². The summed E-state index contributed by atoms with van der Waals surface area (Å²) in [4.78, 5) is 4.20. The summed E-state index contributed by atoms with van der Waals surface area (Å²) in [6.07, 6.45) is 4.01. The quantitative estimate of drug-likeness (QED) is 0.761. The number of pyridine rings is 1. The fraction of sp³-hybridized carbons (Fsp3) is 0.111. The van der Waals surface area contributed by atoms with E-state index in [2.05, 4.69) is 27.0 Å². The Labute approximate surface area is 83.8 Å². The van der Waals surface area contributed by atoms with Crippen molar-refractivity contribution in [2.75, 3.05) is 0 Å². The van der Waals surface area contributed by atoms with Gasteiger partial charge in [-0.05, 0) is 28.1 Å². The van der Waals surface area contributed by atoms with Crippen molar-refractivity contribution in [2.24, 2.45) is 0 Å². The zero-order chi connectivity index (χ0) is 9.26. The lowest BCUT2D eigenvalue weighted by atomic mass is 10.3. The molecule has 2 rings (SSSR count). The van der Waals surface area contributed by atoms with E-state index in [-0.39, 0.29) is 0 Å². The Hall–Kier alpha value is -1.34. The average Bonchev–Trinajstić information content (AvgIpc) is 2.51. The molecule has 13 heavy (non-hydrogen) atoms. The van der Waals surface area contributed by atoms with Crippen LogP contribution in [0.1, 0.15) is 5.69 Å². The van der Waals surface area contributed by atoms with Crippen molar-refractivity contribution in [1.29, 1.82) is 5.26 Å². The molecule has 0 bridgehead atoms. The molecule has 0 aliphatic rings. The topological polar surface area (TPSA) is 41.1 Å². The maximum absolute atomic E-state index is 8.56. The van der Waals surface area contributed by atoms with Gasteiger partial charge >= 0.3 is 0 Å². The third-order valence-electron chi connectivity index (χ3n) is 1.82. The smallest absolute Gasteiger partial charge is 0.151 e. The molecule has 0 aromatic carbocycles. The summed E-state index contributed by atoms with van der Waals surface area (Å²) in [5.74, 6) is 0. The number of nitrogens with zero attached hydrogens (tertiary/aromatic N) is 3. The normalized spacial score (nSPS) is 10.2. The minimum absolute atomic E-state index is 0.387. The molecule has 2 aromatic rings. The minimum atomic E-state index is 0.387. The van der Waals surface area contributed by atoms with E-state index < -0.39 is 0 Å². The van der Waals surface area contributed by atoms with Gasteiger partial charge in [0.05, 0.1) is 28.9 Å². The molecule has 0 spiro atoms. The summed E-state index contributed by atoms with van der Waals surface area (Å²) in [5.41, 5.74) is 1.77. The number of halogens is 1. The molecule has 0 fully saturated rings. The Morgan fingerprint density at radius 1 is 1.62 bits per heavy atom. The molecule has 0 atom stereocenters. The van der Waals surface area contributed by atoms with E-state index in [9.17, 15) is 0 Å². The van der Waals surface area contributed by atoms with Gasteiger partial charge in [-0.3, -0.25) is 0 Å². The number of hydrogen-bond donors (Lipinski definition) is 0. The van der Waals surface area contributed by atoms with Crippen molar-refractivity contribution in [3.63, 3.8) is 0 Å². The molecule has 0 aliphatic heterocycles. The Balaban J connectivity index is 2.70. The van der Waals surface area contributed by atoms with Gasteiger partial charge in [0, 0.05) is 6.20 Å². The third-order valence-corrected chi connectivity index (χ3v) is 2.44. The van der Waals surface area contributed by atoms with Crippen molar-refractivity contribution < 1.29 is 0 Å². The van der Waals surface area contributed by atoms with Crippen LogP contribution in [-0.2, 0) is 6.42 Å². The zero-order valence-electron chi connectivity index (χ0n) is 6.74. The van der Waals surface area contributed by atoms with Gasteiger partial charge in [0.2, 0.25) is 0 Å². The Bertz CT molecular complexity index is 481. The molecule has 4 heteroatoms. The van der Waals surface area contributed by atoms with Gasteiger partial charge in [0.1, 0.15) is 0 Å². The second-order valence-electron chi connectivity index (χ2n) is 2.63. The van der Waals surface area contributed by atoms with Gasteiger partial charge in [0.15, 0.2) is 5.65 Å². The minimum Gasteiger partial charge on any atom is -0.302 e. The monoisotopic (exact) mass is 235 g/mol. The first-order valence-electron chi connectivity index (χ1n) is 3.80. The molecule has 0 amide bonds. The van der Waals surface area contributed by atoms with Crippen molar-refractivity contribution in [1.82, 2.24) is 9.38 Å². The first-order chi connectivity index (χ1) is 6.33. The predicted molar refractivity (Wildman–Crippen MR) is 52.2 cm³/mol. The number of hydrogen-bond acceptors (Lipinski definition) is 2. The van der Waals surface area contributed by atoms with Crippen molar-refractivity contribution in [3.05, 3.63) is 34.7 Å². The highest BCUT2D eigenvalue weighted by Gasteiger charge is 2.03. The molecule has 0 radical (unpaired) electrons. The van der Waals surface area contributed by atoms with Crippen LogP contribution in [0, 0.1) is 11.3 Å². The third kappa shape index (κ3) is 1.31. The van der Waals surface area contributed by atoms with Crippen LogP contribution in [0.5, 0.6) is 0 Å². The molecular formula is C9H6BrN3. The van der Waals surface area contributed by atoms with Crippen LogP contribution in [0.3, 0.4) is 0 Å². The van der Waals surface area contributed by atoms with E-state index >= 15 is 0 Å². The molecule has 2 aromatic heterocycles. The van der Waals surface area contributed by atoms with Crippen LogP contribution >= 0.6 is 15.9 Å². The lowest BCUT2D eigenvalue weighted by Crippen LogP contribution is -1.90. The van der Waals surface area contributed by atoms with Crippen molar-refractivity contribution >= 4 is 21.6 Å². The number of aromatic nitrogens is 2. The highest BCUT2D eigenvalue weighted by Crippen LogP contribution is 2.17. The molecule has 0 saturated carbocycles. The second-order valence-corrected chi connectivity index (χ2v) is 3.49. The number of imidazole rings is 1. The van der Waals surface area contributed by atoms with Gasteiger partial charge in [-0.2, -0.15) is 5.26 Å². The molecule has 0 aliphatic carbocycles. The fourth-order valence-corrected chi connectivity index (χ4v) is 1.69. The van der Waals surface area contributed by atoms with Gasteiger partial charge in [-0.25, -0.2) is 4.98 Å². The first kappa shape index (κ1) is 8.27. The lowest BCUT2D eigenvalue weighted by molar-refractivity contribution is 1.05. The van der Waals surface area contributed by atoms with E-state index in [0.717, 1.165) is 15.8 Å². The second kappa shape index (κ2) is 3.19. The van der Waals surface area contributed by atoms with Gasteiger partial charge in [-0.15, -0.1) is 0 Å². The Morgan fingerprint density at radius 2 is 2.46 bits per heavy atom. The fourth-order valence-electron chi connectivity index (χ4n) is 1.24. The van der Waals surface area contributed by atoms with E-state index in [1.165, 1.54) is 0 Å². The van der Waals surface area contributed by atoms with Crippen LogP contribution in [0.15, 0.2) is 29.0 Å². The number of rotatable bonds is 1. The van der Waals surface area contributed by atoms with Gasteiger partial charge in [-0.1, -0.05) is 0 Å². The molecule has 0 unspecified atom stereocenters. The Morgan fingerprint density at radius 3 is 3.23 bits per heavy atom. The molecular weight excluding hydrogens is 230 g/mol. The van der Waals surface area contributed by atoms with Crippen LogP contribution in [-0.4, -0.2) is 9.38 Å². The summed E-state index contributed by atoms with van der Waals surface area (Å²) >= 11 is 3.40. The Kier molecular flexibility index (Phi) is 2.03. The van der Waals surface area contributed by atoms with Crippen LogP contribution in [0.4, 0.5) is 0 Å². The highest BCUT2D eigenvalue weighted by atomic mass is 79.9. The molecule has 2 heterocycles. The maximum Gasteiger partial charge on any atom is 0.151 e. The zero-order valence-corrected chi connectivity index (χ0v) is 8.32. The standard InChI is InChI=1S/C9H6BrN3/c10-8-2-1-5-13-7(3-4-11)6-12-9(8)13/h1-2,5-6H,3H2. The van der Waals surface area contributed by atoms with Crippen LogP contribution in [0.2, 0.25) is 0 Å². The van der Waals surface area contributed by atoms with Gasteiger partial charge in [0.25, 0.3) is 0 Å². The largest absolute Gasteiger partial charge is 0.302 e. The molecule has 3 nitrogen and oxygen atoms in total. The highest BCUT2D eigenvalue weighted by molar-refractivity contribution is 9.10. The van der Waals surface area contributed by atoms with E-state index in [0.29, 0.717) is 6.42 Å². The van der Waals surface area contributed by atoms with E-state index in [4.69, 9.17) is 5.26 Å². The van der Waals surface area contributed by atoms with Crippen molar-refractivity contribution in [2.45, 2.75) is 6.42 Å². The number of fused-ring (bicyclic) bond motifs is 1. The van der Waals surface area contributed by atoms with Crippen LogP contribution < -0.4 is 0 Å². The van der Waals surface area contributed by atoms with Crippen LogP contribution in [0.25, 0.3) is 5.65 Å². The lowest BCUT2D eigenvalue weighted by Gasteiger charge is -1.97. The molecule has 0 N–H and O–H groups in total. The van der Waals surface area contributed by atoms with E-state index in [1.807, 2.05) is 22.7 Å². The first-order valence-corrected chi connectivity index (χ1v) is 4.59. The summed E-state index contributed by atoms with van der Waals surface area (Å²) < 4.78 is 2.85. The SMILES string of the molecule is N#CCc1cnc2c(Br)cccn12. The summed E-state index contributed by atoms with van der Waals surface area (Å²) in [6, 6.07) is 5.95. The molecule has 64 valence electrons. The maximum atomic E-state index is 8.56. The summed E-state index contributed by atoms with van der Waals surface area (Å²) in [5, 5.41) is 8.56. The summed E-state index contributed by atoms with van der Waals surface area (Å²) in [7, 11) is 0. The van der Waals surface area contributed by atoms with Gasteiger partial charge < -0.3 is 4.40 Å². The summed E-state index contributed by atoms with van der Waals surface area (Å²) in [6.45, 7) is 0. The predicted octanol–water partition coefficient (Wildman–Crippen LogP) is 2.16. The average molecular weight is 236 g/mol. The van der Waals surface area contributed by atoms with E-state index in [1.54, 1.807) is 6.20 Å². The molecule has 0 saturated heterocycles.